The molecule has 0 aliphatic rings. The Balaban J connectivity index is 2.47. The van der Waals surface area contributed by atoms with Crippen LogP contribution in [-0.4, -0.2) is 31.6 Å². The van der Waals surface area contributed by atoms with Gasteiger partial charge in [-0.05, 0) is 18.2 Å². The Morgan fingerprint density at radius 3 is 2.64 bits per heavy atom. The fourth-order valence-electron chi connectivity index (χ4n) is 1.75. The maximum atomic E-state index is 13.1. The van der Waals surface area contributed by atoms with Gasteiger partial charge in [0.25, 0.3) is 0 Å². The zero-order valence-electron chi connectivity index (χ0n) is 11.1. The Bertz CT molecular complexity index is 715. The number of aliphatic carboxylic acids is 1. The van der Waals surface area contributed by atoms with E-state index in [1.807, 2.05) is 0 Å². The first kappa shape index (κ1) is 16.3. The largest absolute Gasteiger partial charge is 0.481 e. The highest BCUT2D eigenvalue weighted by atomic mass is 32.2. The SMILES string of the molecule is Cn1c(SCC(=O)O)nnc1-c1ccc(F)cc1C(F)(F)F. The van der Waals surface area contributed by atoms with Gasteiger partial charge in [-0.2, -0.15) is 13.2 Å². The van der Waals surface area contributed by atoms with E-state index in [-0.39, 0.29) is 22.3 Å². The first-order chi connectivity index (χ1) is 10.2. The first-order valence-corrected chi connectivity index (χ1v) is 6.80. The van der Waals surface area contributed by atoms with Crippen molar-refractivity contribution < 1.29 is 27.5 Å². The normalized spacial score (nSPS) is 11.7. The lowest BCUT2D eigenvalue weighted by Gasteiger charge is -2.12. The molecule has 1 aromatic heterocycles. The van der Waals surface area contributed by atoms with Crippen LogP contribution < -0.4 is 0 Å². The number of nitrogens with zero attached hydrogens (tertiary/aromatic N) is 3. The molecule has 0 spiro atoms. The maximum Gasteiger partial charge on any atom is 0.417 e. The highest BCUT2D eigenvalue weighted by Crippen LogP contribution is 2.37. The van der Waals surface area contributed by atoms with Crippen LogP contribution in [0.25, 0.3) is 11.4 Å². The van der Waals surface area contributed by atoms with Crippen LogP contribution in [0.1, 0.15) is 5.56 Å². The molecule has 0 aliphatic carbocycles. The molecule has 0 bridgehead atoms. The molecule has 0 atom stereocenters. The quantitative estimate of drug-likeness (QED) is 0.687. The molecule has 2 rings (SSSR count). The Morgan fingerprint density at radius 1 is 1.36 bits per heavy atom. The summed E-state index contributed by atoms with van der Waals surface area (Å²) in [5.74, 6) is -2.53. The van der Waals surface area contributed by atoms with E-state index in [0.717, 1.165) is 23.9 Å². The highest BCUT2D eigenvalue weighted by molar-refractivity contribution is 7.99. The van der Waals surface area contributed by atoms with Crippen molar-refractivity contribution in [3.05, 3.63) is 29.6 Å². The van der Waals surface area contributed by atoms with E-state index < -0.39 is 23.5 Å². The zero-order valence-corrected chi connectivity index (χ0v) is 11.9. The van der Waals surface area contributed by atoms with Crippen molar-refractivity contribution >= 4 is 17.7 Å². The molecule has 5 nitrogen and oxygen atoms in total. The molecule has 0 amide bonds. The van der Waals surface area contributed by atoms with Crippen molar-refractivity contribution in [2.24, 2.45) is 7.05 Å². The Hall–Kier alpha value is -2.10. The lowest BCUT2D eigenvalue weighted by molar-refractivity contribution is -0.137. The van der Waals surface area contributed by atoms with Crippen molar-refractivity contribution in [2.45, 2.75) is 11.3 Å². The number of carboxylic acid groups (broad SMARTS) is 1. The van der Waals surface area contributed by atoms with Gasteiger partial charge in [0.15, 0.2) is 11.0 Å². The van der Waals surface area contributed by atoms with Crippen LogP contribution in [0.5, 0.6) is 0 Å². The number of alkyl halides is 3. The van der Waals surface area contributed by atoms with Crippen LogP contribution in [-0.2, 0) is 18.0 Å². The number of benzene rings is 1. The molecule has 1 N–H and O–H groups in total. The number of hydrogen-bond acceptors (Lipinski definition) is 4. The van der Waals surface area contributed by atoms with Gasteiger partial charge in [0.1, 0.15) is 5.82 Å². The maximum absolute atomic E-state index is 13.1. The van der Waals surface area contributed by atoms with Crippen molar-refractivity contribution in [3.8, 4) is 11.4 Å². The van der Waals surface area contributed by atoms with E-state index in [1.165, 1.54) is 11.6 Å². The smallest absolute Gasteiger partial charge is 0.417 e. The summed E-state index contributed by atoms with van der Waals surface area (Å²) in [5.41, 5.74) is -1.50. The summed E-state index contributed by atoms with van der Waals surface area (Å²) < 4.78 is 53.3. The topological polar surface area (TPSA) is 68.0 Å². The molecule has 22 heavy (non-hydrogen) atoms. The van der Waals surface area contributed by atoms with E-state index >= 15 is 0 Å². The molecule has 2 aromatic rings. The molecule has 0 saturated carbocycles. The standard InChI is InChI=1S/C12H9F4N3O2S/c1-19-10(17-18-11(19)22-5-9(20)21)7-3-2-6(13)4-8(7)12(14,15)16/h2-4H,5H2,1H3,(H,20,21). The third-order valence-corrected chi connectivity index (χ3v) is 3.69. The monoisotopic (exact) mass is 335 g/mol. The third kappa shape index (κ3) is 3.38. The number of aromatic nitrogens is 3. The second kappa shape index (κ2) is 5.95. The molecule has 0 saturated heterocycles. The minimum atomic E-state index is -4.75. The van der Waals surface area contributed by atoms with Crippen LogP contribution in [0.2, 0.25) is 0 Å². The summed E-state index contributed by atoms with van der Waals surface area (Å²) in [6.07, 6.45) is -4.75. The van der Waals surface area contributed by atoms with Gasteiger partial charge in [0.2, 0.25) is 0 Å². The summed E-state index contributed by atoms with van der Waals surface area (Å²) >= 11 is 0.822. The second-order valence-corrected chi connectivity index (χ2v) is 5.18. The summed E-state index contributed by atoms with van der Waals surface area (Å²) in [6.45, 7) is 0. The van der Waals surface area contributed by atoms with Gasteiger partial charge < -0.3 is 9.67 Å². The van der Waals surface area contributed by atoms with Crippen LogP contribution >= 0.6 is 11.8 Å². The van der Waals surface area contributed by atoms with E-state index in [0.29, 0.717) is 6.07 Å². The van der Waals surface area contributed by atoms with Crippen LogP contribution in [0.15, 0.2) is 23.4 Å². The molecule has 0 unspecified atom stereocenters. The van der Waals surface area contributed by atoms with Gasteiger partial charge in [0, 0.05) is 12.6 Å². The van der Waals surface area contributed by atoms with E-state index in [9.17, 15) is 22.4 Å². The van der Waals surface area contributed by atoms with Gasteiger partial charge in [-0.1, -0.05) is 11.8 Å². The average Bonchev–Trinajstić information content (AvgIpc) is 2.77. The lowest BCUT2D eigenvalue weighted by atomic mass is 10.1. The molecule has 0 radical (unpaired) electrons. The predicted octanol–water partition coefficient (Wildman–Crippen LogP) is 2.82. The van der Waals surface area contributed by atoms with Crippen LogP contribution in [0, 0.1) is 5.82 Å². The van der Waals surface area contributed by atoms with Gasteiger partial charge in [-0.25, -0.2) is 4.39 Å². The van der Waals surface area contributed by atoms with E-state index in [4.69, 9.17) is 5.11 Å². The molecule has 118 valence electrons. The fourth-order valence-corrected chi connectivity index (χ4v) is 2.38. The minimum Gasteiger partial charge on any atom is -0.481 e. The molecular weight excluding hydrogens is 326 g/mol. The third-order valence-electron chi connectivity index (χ3n) is 2.69. The van der Waals surface area contributed by atoms with Crippen LogP contribution in [0.3, 0.4) is 0 Å². The number of thioether (sulfide) groups is 1. The molecule has 1 aromatic carbocycles. The van der Waals surface area contributed by atoms with E-state index in [2.05, 4.69) is 10.2 Å². The molecular formula is C12H9F4N3O2S. The Labute approximate surface area is 126 Å². The summed E-state index contributed by atoms with van der Waals surface area (Å²) in [5, 5.41) is 16.1. The molecule has 0 fully saturated rings. The number of carbonyl (C=O) groups is 1. The number of hydrogen-bond donors (Lipinski definition) is 1. The summed E-state index contributed by atoms with van der Waals surface area (Å²) in [7, 11) is 1.41. The number of carboxylic acids is 1. The average molecular weight is 335 g/mol. The fraction of sp³-hybridized carbons (Fsp3) is 0.250. The Morgan fingerprint density at radius 2 is 2.05 bits per heavy atom. The second-order valence-electron chi connectivity index (χ2n) is 4.24. The molecule has 1 heterocycles. The molecule has 10 heteroatoms. The van der Waals surface area contributed by atoms with Crippen molar-refractivity contribution in [2.75, 3.05) is 5.75 Å². The predicted molar refractivity (Wildman–Crippen MR) is 69.8 cm³/mol. The van der Waals surface area contributed by atoms with Gasteiger partial charge in [0.05, 0.1) is 11.3 Å². The van der Waals surface area contributed by atoms with Crippen molar-refractivity contribution in [1.82, 2.24) is 14.8 Å². The lowest BCUT2D eigenvalue weighted by Crippen LogP contribution is -2.09. The Kier molecular flexibility index (Phi) is 4.40. The first-order valence-electron chi connectivity index (χ1n) is 5.81. The highest BCUT2D eigenvalue weighted by Gasteiger charge is 2.35. The minimum absolute atomic E-state index is 0.125. The molecule has 0 aliphatic heterocycles. The van der Waals surface area contributed by atoms with Crippen molar-refractivity contribution in [3.63, 3.8) is 0 Å². The summed E-state index contributed by atoms with van der Waals surface area (Å²) in [6, 6.07) is 2.24. The number of halogens is 4. The number of rotatable bonds is 4. The van der Waals surface area contributed by atoms with E-state index in [1.54, 1.807) is 0 Å². The van der Waals surface area contributed by atoms with Crippen molar-refractivity contribution in [1.29, 1.82) is 0 Å². The van der Waals surface area contributed by atoms with Gasteiger partial charge in [-0.3, -0.25) is 4.79 Å². The summed E-state index contributed by atoms with van der Waals surface area (Å²) in [4.78, 5) is 10.5. The van der Waals surface area contributed by atoms with Gasteiger partial charge in [-0.15, -0.1) is 10.2 Å². The van der Waals surface area contributed by atoms with Gasteiger partial charge >= 0.3 is 12.1 Å². The zero-order chi connectivity index (χ0) is 16.5. The van der Waals surface area contributed by atoms with Crippen LogP contribution in [0.4, 0.5) is 17.6 Å².